The highest BCUT2D eigenvalue weighted by molar-refractivity contribution is 5.78. The van der Waals surface area contributed by atoms with Crippen LogP contribution in [0.4, 0.5) is 0 Å². The van der Waals surface area contributed by atoms with Crippen molar-refractivity contribution < 1.29 is 38.8 Å². The molecule has 0 radical (unpaired) electrons. The van der Waals surface area contributed by atoms with Crippen LogP contribution < -0.4 is 0 Å². The molecule has 0 aromatic rings. The van der Waals surface area contributed by atoms with Gasteiger partial charge in [0, 0.05) is 31.3 Å². The molecular weight excluding hydrogens is 695 g/mol. The molecule has 6 atom stereocenters. The van der Waals surface area contributed by atoms with Crippen molar-refractivity contribution in [2.24, 2.45) is 49.2 Å². The Hall–Kier alpha value is -1.71. The van der Waals surface area contributed by atoms with Crippen molar-refractivity contribution in [2.75, 3.05) is 19.8 Å². The van der Waals surface area contributed by atoms with E-state index in [0.717, 1.165) is 19.4 Å². The summed E-state index contributed by atoms with van der Waals surface area (Å²) >= 11 is 0. The summed E-state index contributed by atoms with van der Waals surface area (Å²) in [6, 6.07) is 0.00707. The smallest absolute Gasteiger partial charge is 0.308 e. The zero-order valence-corrected chi connectivity index (χ0v) is 39.4. The van der Waals surface area contributed by atoms with E-state index in [1.807, 2.05) is 11.8 Å². The third-order valence-corrected chi connectivity index (χ3v) is 13.3. The Morgan fingerprint density at radius 2 is 1.20 bits per heavy atom. The van der Waals surface area contributed by atoms with Gasteiger partial charge in [0.25, 0.3) is 0 Å². The highest BCUT2D eigenvalue weighted by atomic mass is 16.6. The Kier molecular flexibility index (Phi) is 16.8. The highest BCUT2D eigenvalue weighted by Crippen LogP contribution is 2.58. The van der Waals surface area contributed by atoms with Crippen LogP contribution in [0.5, 0.6) is 0 Å². The fourth-order valence-corrected chi connectivity index (χ4v) is 9.07. The molecule has 9 heteroatoms. The number of aliphatic hydroxyl groups is 2. The Morgan fingerprint density at radius 3 is 1.62 bits per heavy atom. The Bertz CT molecular complexity index is 1280. The van der Waals surface area contributed by atoms with Gasteiger partial charge in [-0.1, -0.05) is 138 Å². The van der Waals surface area contributed by atoms with Gasteiger partial charge in [-0.25, -0.2) is 0 Å². The number of likely N-dealkylation sites (tertiary alicyclic amines) is 1. The molecule has 6 unspecified atom stereocenters. The molecule has 324 valence electrons. The summed E-state index contributed by atoms with van der Waals surface area (Å²) < 4.78 is 18.3. The van der Waals surface area contributed by atoms with Crippen LogP contribution in [0.25, 0.3) is 0 Å². The molecule has 0 aromatic carbocycles. The van der Waals surface area contributed by atoms with E-state index >= 15 is 0 Å². The molecular formula is C46H87NO8. The molecule has 1 rings (SSSR count). The van der Waals surface area contributed by atoms with Crippen LogP contribution in [0.15, 0.2) is 0 Å². The van der Waals surface area contributed by atoms with Crippen molar-refractivity contribution in [3.63, 3.8) is 0 Å². The molecule has 1 aliphatic heterocycles. The van der Waals surface area contributed by atoms with Gasteiger partial charge >= 0.3 is 11.9 Å². The maximum atomic E-state index is 13.3. The van der Waals surface area contributed by atoms with Crippen LogP contribution in [0.2, 0.25) is 0 Å². The SMILES string of the molecule is CC(=O)OC(CC(C)(C)C)C(C)(C)C(C)(C)C(O)C(C)(C)C(C)(C)C(OCC(O)COC(=O)C(C)CC(C)(C)C(CC(C)(C)C)N1CCCC1=O)C(C)(C)C. The topological polar surface area (TPSA) is 123 Å². The standard InChI is InChI=1S/C46H87NO8/c1-30(25-42(12,13)33(26-39(3,4)5)47-24-22-23-35(47)50)36(51)53-28-32(49)29-54-38(41(9,10)11)46(20,21)45(18,19)37(52)44(16,17)43(14,15)34(55-31(2)48)27-40(6,7)8/h30,32-34,37-38,49,52H,22-29H2,1-21H3. The van der Waals surface area contributed by atoms with E-state index in [-0.39, 0.29) is 58.8 Å². The predicted molar refractivity (Wildman–Crippen MR) is 223 cm³/mol. The first kappa shape index (κ1) is 51.3. The number of carbonyl (C=O) groups is 3. The Morgan fingerprint density at radius 1 is 0.709 bits per heavy atom. The van der Waals surface area contributed by atoms with E-state index in [9.17, 15) is 24.6 Å². The summed E-state index contributed by atoms with van der Waals surface area (Å²) in [6.45, 7) is 43.9. The number of ether oxygens (including phenoxy) is 3. The lowest BCUT2D eigenvalue weighted by Gasteiger charge is -2.59. The van der Waals surface area contributed by atoms with Crippen molar-refractivity contribution in [3.8, 4) is 0 Å². The molecule has 9 nitrogen and oxygen atoms in total. The molecule has 0 aliphatic carbocycles. The lowest BCUT2D eigenvalue weighted by Crippen LogP contribution is -2.61. The van der Waals surface area contributed by atoms with Gasteiger partial charge in [-0.3, -0.25) is 14.4 Å². The van der Waals surface area contributed by atoms with E-state index in [4.69, 9.17) is 14.2 Å². The van der Waals surface area contributed by atoms with E-state index in [1.54, 1.807) is 0 Å². The fraction of sp³-hybridized carbons (Fsp3) is 0.935. The summed E-state index contributed by atoms with van der Waals surface area (Å²) in [5.41, 5.74) is -3.48. The number of amides is 1. The monoisotopic (exact) mass is 782 g/mol. The second-order valence-electron chi connectivity index (χ2n) is 23.6. The molecule has 2 N–H and O–H groups in total. The Balaban J connectivity index is 3.16. The molecule has 0 aromatic heterocycles. The third-order valence-electron chi connectivity index (χ3n) is 13.3. The number of nitrogens with zero attached hydrogens (tertiary/aromatic N) is 1. The lowest BCUT2D eigenvalue weighted by atomic mass is 9.49. The second kappa shape index (κ2) is 18.1. The first-order valence-corrected chi connectivity index (χ1v) is 20.9. The van der Waals surface area contributed by atoms with Gasteiger partial charge in [0.2, 0.25) is 5.91 Å². The second-order valence-corrected chi connectivity index (χ2v) is 23.6. The van der Waals surface area contributed by atoms with E-state index in [1.165, 1.54) is 6.92 Å². The number of hydrogen-bond acceptors (Lipinski definition) is 8. The van der Waals surface area contributed by atoms with Gasteiger partial charge < -0.3 is 29.3 Å². The first-order valence-electron chi connectivity index (χ1n) is 20.9. The molecule has 1 saturated heterocycles. The molecule has 1 amide bonds. The van der Waals surface area contributed by atoms with Crippen molar-refractivity contribution in [2.45, 2.75) is 208 Å². The fourth-order valence-electron chi connectivity index (χ4n) is 9.07. The van der Waals surface area contributed by atoms with Crippen molar-refractivity contribution >= 4 is 17.8 Å². The largest absolute Gasteiger partial charge is 0.463 e. The minimum absolute atomic E-state index is 0.00707. The zero-order valence-electron chi connectivity index (χ0n) is 39.4. The minimum atomic E-state index is -1.05. The van der Waals surface area contributed by atoms with E-state index < -0.39 is 52.0 Å². The summed E-state index contributed by atoms with van der Waals surface area (Å²) in [4.78, 5) is 40.5. The van der Waals surface area contributed by atoms with Crippen LogP contribution in [0.1, 0.15) is 178 Å². The normalized spacial score (nSPS) is 19.1. The number of aliphatic hydroxyl groups excluding tert-OH is 2. The molecule has 1 fully saturated rings. The van der Waals surface area contributed by atoms with Crippen molar-refractivity contribution in [1.82, 2.24) is 4.90 Å². The maximum Gasteiger partial charge on any atom is 0.308 e. The summed E-state index contributed by atoms with van der Waals surface area (Å²) in [5, 5.41) is 23.6. The quantitative estimate of drug-likeness (QED) is 0.124. The average molecular weight is 782 g/mol. The Labute approximate surface area is 337 Å². The van der Waals surface area contributed by atoms with E-state index in [2.05, 4.69) is 132 Å². The molecule has 0 saturated carbocycles. The summed E-state index contributed by atoms with van der Waals surface area (Å²) in [7, 11) is 0. The number of rotatable bonds is 19. The van der Waals surface area contributed by atoms with Crippen molar-refractivity contribution in [1.29, 1.82) is 0 Å². The van der Waals surface area contributed by atoms with Gasteiger partial charge in [0.1, 0.15) is 18.8 Å². The van der Waals surface area contributed by atoms with Gasteiger partial charge in [-0.05, 0) is 63.6 Å². The summed E-state index contributed by atoms with van der Waals surface area (Å²) in [5.74, 6) is -0.958. The molecule has 55 heavy (non-hydrogen) atoms. The van der Waals surface area contributed by atoms with Crippen LogP contribution >= 0.6 is 0 Å². The number of hydrogen-bond donors (Lipinski definition) is 2. The molecule has 0 spiro atoms. The number of carbonyl (C=O) groups excluding carboxylic acids is 3. The highest BCUT2D eigenvalue weighted by Gasteiger charge is 2.59. The van der Waals surface area contributed by atoms with Crippen LogP contribution in [0, 0.1) is 49.2 Å². The van der Waals surface area contributed by atoms with Gasteiger partial charge in [0.05, 0.1) is 24.7 Å². The molecule has 1 heterocycles. The maximum absolute atomic E-state index is 13.3. The lowest BCUT2D eigenvalue weighted by molar-refractivity contribution is -0.215. The first-order chi connectivity index (χ1) is 24.3. The van der Waals surface area contributed by atoms with Gasteiger partial charge in [-0.2, -0.15) is 0 Å². The average Bonchev–Trinajstić information content (AvgIpc) is 3.40. The van der Waals surface area contributed by atoms with Crippen LogP contribution in [-0.4, -0.2) is 83.2 Å². The minimum Gasteiger partial charge on any atom is -0.463 e. The third kappa shape index (κ3) is 13.4. The van der Waals surface area contributed by atoms with Crippen LogP contribution in [0.3, 0.4) is 0 Å². The van der Waals surface area contributed by atoms with Gasteiger partial charge in [0.15, 0.2) is 0 Å². The van der Waals surface area contributed by atoms with E-state index in [0.29, 0.717) is 19.3 Å². The zero-order chi connectivity index (χ0) is 43.6. The molecule has 1 aliphatic rings. The van der Waals surface area contributed by atoms with Crippen molar-refractivity contribution in [3.05, 3.63) is 0 Å². The number of esters is 2. The predicted octanol–water partition coefficient (Wildman–Crippen LogP) is 9.64. The van der Waals surface area contributed by atoms with Crippen LogP contribution in [-0.2, 0) is 28.6 Å². The molecule has 0 bridgehead atoms. The van der Waals surface area contributed by atoms with Gasteiger partial charge in [-0.15, -0.1) is 0 Å². The summed E-state index contributed by atoms with van der Waals surface area (Å²) in [6.07, 6.45) is 0.731.